The van der Waals surface area contributed by atoms with Crippen LogP contribution in [0.2, 0.25) is 0 Å². The van der Waals surface area contributed by atoms with Gasteiger partial charge in [0.25, 0.3) is 0 Å². The fraction of sp³-hybridized carbons (Fsp3) is 0.429. The Morgan fingerprint density at radius 3 is 2.75 bits per heavy atom. The molecule has 0 aliphatic carbocycles. The van der Waals surface area contributed by atoms with Crippen LogP contribution in [0.25, 0.3) is 0 Å². The SMILES string of the molecule is CCc1[nH]c(C(=O)O)nc1SC. The van der Waals surface area contributed by atoms with Crippen LogP contribution in [-0.2, 0) is 6.42 Å². The minimum absolute atomic E-state index is 0.0243. The van der Waals surface area contributed by atoms with Crippen molar-refractivity contribution in [3.05, 3.63) is 11.5 Å². The summed E-state index contributed by atoms with van der Waals surface area (Å²) < 4.78 is 0. The van der Waals surface area contributed by atoms with Crippen LogP contribution in [0.1, 0.15) is 23.2 Å². The maximum Gasteiger partial charge on any atom is 0.371 e. The molecule has 0 radical (unpaired) electrons. The topological polar surface area (TPSA) is 66.0 Å². The molecule has 0 atom stereocenters. The molecule has 4 nitrogen and oxygen atoms in total. The quantitative estimate of drug-likeness (QED) is 0.700. The Balaban J connectivity index is 3.05. The maximum absolute atomic E-state index is 10.5. The van der Waals surface area contributed by atoms with Gasteiger partial charge in [-0.2, -0.15) is 0 Å². The third-order valence-corrected chi connectivity index (χ3v) is 2.21. The van der Waals surface area contributed by atoms with Gasteiger partial charge in [0.1, 0.15) is 5.03 Å². The Bertz CT molecular complexity index is 274. The molecule has 66 valence electrons. The highest BCUT2D eigenvalue weighted by atomic mass is 32.2. The molecule has 0 unspecified atom stereocenters. The zero-order valence-electron chi connectivity index (χ0n) is 6.92. The highest BCUT2D eigenvalue weighted by molar-refractivity contribution is 7.98. The second-order valence-electron chi connectivity index (χ2n) is 2.23. The van der Waals surface area contributed by atoms with E-state index in [9.17, 15) is 4.79 Å². The van der Waals surface area contributed by atoms with Gasteiger partial charge in [-0.25, -0.2) is 9.78 Å². The average Bonchev–Trinajstić information content (AvgIpc) is 2.46. The zero-order chi connectivity index (χ0) is 9.14. The summed E-state index contributed by atoms with van der Waals surface area (Å²) in [6.45, 7) is 1.96. The van der Waals surface area contributed by atoms with Crippen LogP contribution in [0.3, 0.4) is 0 Å². The number of hydrogen-bond acceptors (Lipinski definition) is 3. The number of aromatic nitrogens is 2. The fourth-order valence-corrected chi connectivity index (χ4v) is 1.53. The molecule has 12 heavy (non-hydrogen) atoms. The summed E-state index contributed by atoms with van der Waals surface area (Å²) >= 11 is 1.45. The second kappa shape index (κ2) is 3.62. The molecule has 1 aromatic heterocycles. The minimum atomic E-state index is -1.01. The number of aryl methyl sites for hydroxylation is 1. The number of nitrogens with one attached hydrogen (secondary N) is 1. The molecule has 0 aromatic carbocycles. The average molecular weight is 186 g/mol. The molecule has 0 saturated carbocycles. The molecule has 1 heterocycles. The summed E-state index contributed by atoms with van der Waals surface area (Å²) in [5, 5.41) is 9.38. The molecule has 1 aromatic rings. The molecule has 0 fully saturated rings. The van der Waals surface area contributed by atoms with Gasteiger partial charge in [-0.15, -0.1) is 11.8 Å². The number of carboxylic acid groups (broad SMARTS) is 1. The van der Waals surface area contributed by atoms with Gasteiger partial charge in [0.2, 0.25) is 5.82 Å². The van der Waals surface area contributed by atoms with Crippen LogP contribution in [0.15, 0.2) is 5.03 Å². The molecule has 0 aliphatic heterocycles. The van der Waals surface area contributed by atoms with Crippen LogP contribution in [0.5, 0.6) is 0 Å². The number of hydrogen-bond donors (Lipinski definition) is 2. The number of aromatic carboxylic acids is 1. The molecule has 5 heteroatoms. The lowest BCUT2D eigenvalue weighted by Crippen LogP contribution is -1.98. The first-order chi connectivity index (χ1) is 5.69. The van der Waals surface area contributed by atoms with E-state index in [4.69, 9.17) is 5.11 Å². The molecule has 0 spiro atoms. The third kappa shape index (κ3) is 1.61. The highest BCUT2D eigenvalue weighted by Crippen LogP contribution is 2.17. The van der Waals surface area contributed by atoms with E-state index in [2.05, 4.69) is 9.97 Å². The number of carboxylic acids is 1. The Labute approximate surface area is 74.4 Å². The van der Waals surface area contributed by atoms with Crippen molar-refractivity contribution in [2.45, 2.75) is 18.4 Å². The maximum atomic E-state index is 10.5. The smallest absolute Gasteiger partial charge is 0.371 e. The molecule has 0 saturated heterocycles. The largest absolute Gasteiger partial charge is 0.475 e. The summed E-state index contributed by atoms with van der Waals surface area (Å²) in [5.74, 6) is -0.985. The zero-order valence-corrected chi connectivity index (χ0v) is 7.73. The minimum Gasteiger partial charge on any atom is -0.475 e. The van der Waals surface area contributed by atoms with E-state index in [0.29, 0.717) is 0 Å². The van der Waals surface area contributed by atoms with Crippen LogP contribution >= 0.6 is 11.8 Å². The molecular formula is C7H10N2O2S. The van der Waals surface area contributed by atoms with E-state index >= 15 is 0 Å². The standard InChI is InChI=1S/C7H10N2O2S/c1-3-4-6(12-2)9-5(8-4)7(10)11/h3H2,1-2H3,(H,8,9)(H,10,11). The number of H-pyrrole nitrogens is 1. The first-order valence-corrected chi connectivity index (χ1v) is 4.77. The van der Waals surface area contributed by atoms with Crippen molar-refractivity contribution in [1.29, 1.82) is 0 Å². The summed E-state index contributed by atoms with van der Waals surface area (Å²) in [6, 6.07) is 0. The lowest BCUT2D eigenvalue weighted by atomic mass is 10.4. The summed E-state index contributed by atoms with van der Waals surface area (Å²) in [7, 11) is 0. The van der Waals surface area contributed by atoms with E-state index < -0.39 is 5.97 Å². The van der Waals surface area contributed by atoms with Crippen molar-refractivity contribution in [2.75, 3.05) is 6.26 Å². The Morgan fingerprint density at radius 2 is 2.42 bits per heavy atom. The predicted octanol–water partition coefficient (Wildman–Crippen LogP) is 1.39. The van der Waals surface area contributed by atoms with Crippen molar-refractivity contribution in [1.82, 2.24) is 9.97 Å². The number of nitrogens with zero attached hydrogens (tertiary/aromatic N) is 1. The Morgan fingerprint density at radius 1 is 1.75 bits per heavy atom. The molecular weight excluding hydrogens is 176 g/mol. The van der Waals surface area contributed by atoms with E-state index in [1.165, 1.54) is 11.8 Å². The molecule has 1 rings (SSSR count). The second-order valence-corrected chi connectivity index (χ2v) is 3.03. The Kier molecular flexibility index (Phi) is 2.75. The summed E-state index contributed by atoms with van der Waals surface area (Å²) in [5.41, 5.74) is 0.889. The van der Waals surface area contributed by atoms with Gasteiger partial charge in [0.05, 0.1) is 0 Å². The van der Waals surface area contributed by atoms with Gasteiger partial charge in [0, 0.05) is 5.69 Å². The molecule has 2 N–H and O–H groups in total. The van der Waals surface area contributed by atoms with Crippen molar-refractivity contribution in [3.63, 3.8) is 0 Å². The van der Waals surface area contributed by atoms with Crippen molar-refractivity contribution in [2.24, 2.45) is 0 Å². The normalized spacial score (nSPS) is 10.2. The van der Waals surface area contributed by atoms with Crippen molar-refractivity contribution >= 4 is 17.7 Å². The van der Waals surface area contributed by atoms with Crippen LogP contribution in [0, 0.1) is 0 Å². The van der Waals surface area contributed by atoms with Crippen molar-refractivity contribution < 1.29 is 9.90 Å². The van der Waals surface area contributed by atoms with Crippen LogP contribution in [0.4, 0.5) is 0 Å². The summed E-state index contributed by atoms with van der Waals surface area (Å²) in [6.07, 6.45) is 2.65. The van der Waals surface area contributed by atoms with Crippen LogP contribution in [-0.4, -0.2) is 27.3 Å². The van der Waals surface area contributed by atoms with Gasteiger partial charge >= 0.3 is 5.97 Å². The van der Waals surface area contributed by atoms with E-state index in [1.807, 2.05) is 13.2 Å². The highest BCUT2D eigenvalue weighted by Gasteiger charge is 2.12. The van der Waals surface area contributed by atoms with Crippen LogP contribution < -0.4 is 0 Å². The molecule has 0 amide bonds. The predicted molar refractivity (Wildman–Crippen MR) is 46.7 cm³/mol. The van der Waals surface area contributed by atoms with E-state index in [1.54, 1.807) is 0 Å². The van der Waals surface area contributed by atoms with Gasteiger partial charge in [-0.05, 0) is 12.7 Å². The lowest BCUT2D eigenvalue weighted by Gasteiger charge is -1.91. The first-order valence-electron chi connectivity index (χ1n) is 3.55. The number of aromatic amines is 1. The molecule has 0 bridgehead atoms. The van der Waals surface area contributed by atoms with Gasteiger partial charge in [-0.1, -0.05) is 6.92 Å². The van der Waals surface area contributed by atoms with E-state index in [0.717, 1.165) is 17.1 Å². The Hall–Kier alpha value is -0.970. The number of carbonyl (C=O) groups is 1. The molecule has 0 aliphatic rings. The van der Waals surface area contributed by atoms with Gasteiger partial charge in [0.15, 0.2) is 0 Å². The first kappa shape index (κ1) is 9.12. The third-order valence-electron chi connectivity index (χ3n) is 1.49. The number of rotatable bonds is 3. The van der Waals surface area contributed by atoms with Gasteiger partial charge < -0.3 is 10.1 Å². The van der Waals surface area contributed by atoms with Crippen molar-refractivity contribution in [3.8, 4) is 0 Å². The summed E-state index contributed by atoms with van der Waals surface area (Å²) in [4.78, 5) is 17.2. The van der Waals surface area contributed by atoms with E-state index in [-0.39, 0.29) is 5.82 Å². The number of thioether (sulfide) groups is 1. The van der Waals surface area contributed by atoms with Gasteiger partial charge in [-0.3, -0.25) is 0 Å². The lowest BCUT2D eigenvalue weighted by molar-refractivity contribution is 0.0684. The number of imidazole rings is 1. The fourth-order valence-electron chi connectivity index (χ4n) is 0.903. The monoisotopic (exact) mass is 186 g/mol.